The lowest BCUT2D eigenvalue weighted by molar-refractivity contribution is 0.316. The smallest absolute Gasteiger partial charge is 0.159 e. The Morgan fingerprint density at radius 3 is 2.71 bits per heavy atom. The summed E-state index contributed by atoms with van der Waals surface area (Å²) >= 11 is 1.38. The van der Waals surface area contributed by atoms with Crippen molar-refractivity contribution in [2.75, 3.05) is 0 Å². The quantitative estimate of drug-likeness (QED) is 0.281. The average Bonchev–Trinajstić information content (AvgIpc) is 2.32. The van der Waals surface area contributed by atoms with Crippen LogP contribution in [0.15, 0.2) is 28.3 Å². The van der Waals surface area contributed by atoms with Gasteiger partial charge in [-0.2, -0.15) is 0 Å². The summed E-state index contributed by atoms with van der Waals surface area (Å²) in [5.74, 6) is -1.60. The van der Waals surface area contributed by atoms with Gasteiger partial charge < -0.3 is 10.9 Å². The second-order valence-electron chi connectivity index (χ2n) is 3.52. The van der Waals surface area contributed by atoms with Gasteiger partial charge in [-0.25, -0.2) is 8.78 Å². The van der Waals surface area contributed by atoms with Crippen molar-refractivity contribution < 1.29 is 14.0 Å². The monoisotopic (exact) mass is 260 g/mol. The number of nitrogens with two attached hydrogens (primary N) is 1. The van der Waals surface area contributed by atoms with Gasteiger partial charge in [-0.1, -0.05) is 12.1 Å². The fourth-order valence-electron chi connectivity index (χ4n) is 1.29. The molecule has 1 aromatic rings. The first-order chi connectivity index (χ1) is 8.06. The summed E-state index contributed by atoms with van der Waals surface area (Å²) in [6.07, 6.45) is 1.18. The molecular formula is C11H14F2N2OS. The van der Waals surface area contributed by atoms with Crippen molar-refractivity contribution >= 4 is 17.6 Å². The van der Waals surface area contributed by atoms with Crippen LogP contribution in [0.4, 0.5) is 8.78 Å². The van der Waals surface area contributed by atoms with Gasteiger partial charge in [0.2, 0.25) is 0 Å². The number of nitrogens with zero attached hydrogens (tertiary/aromatic N) is 1. The molecule has 0 aromatic heterocycles. The minimum Gasteiger partial charge on any atom is -0.409 e. The van der Waals surface area contributed by atoms with Gasteiger partial charge in [-0.3, -0.25) is 0 Å². The zero-order chi connectivity index (χ0) is 12.8. The molecule has 1 aromatic carbocycles. The van der Waals surface area contributed by atoms with Crippen LogP contribution in [0.25, 0.3) is 0 Å². The number of halogens is 2. The number of rotatable bonds is 5. The van der Waals surface area contributed by atoms with Crippen molar-refractivity contribution in [2.24, 2.45) is 10.9 Å². The predicted molar refractivity (Wildman–Crippen MR) is 64.3 cm³/mol. The van der Waals surface area contributed by atoms with Crippen LogP contribution in [0.2, 0.25) is 0 Å². The van der Waals surface area contributed by atoms with E-state index in [1.165, 1.54) is 17.8 Å². The van der Waals surface area contributed by atoms with Crippen molar-refractivity contribution in [3.63, 3.8) is 0 Å². The summed E-state index contributed by atoms with van der Waals surface area (Å²) in [5, 5.41) is 11.4. The first-order valence-electron chi connectivity index (χ1n) is 5.15. The first-order valence-corrected chi connectivity index (χ1v) is 6.02. The van der Waals surface area contributed by atoms with Crippen molar-refractivity contribution in [2.45, 2.75) is 29.9 Å². The van der Waals surface area contributed by atoms with Crippen LogP contribution in [-0.2, 0) is 0 Å². The summed E-state index contributed by atoms with van der Waals surface area (Å²) in [6, 6.07) is 3.75. The second kappa shape index (κ2) is 6.44. The van der Waals surface area contributed by atoms with Gasteiger partial charge in [0.05, 0.1) is 0 Å². The van der Waals surface area contributed by atoms with Crippen LogP contribution < -0.4 is 5.73 Å². The Morgan fingerprint density at radius 1 is 1.47 bits per heavy atom. The molecule has 1 unspecified atom stereocenters. The van der Waals surface area contributed by atoms with Crippen LogP contribution in [0.1, 0.15) is 19.8 Å². The van der Waals surface area contributed by atoms with Gasteiger partial charge in [0, 0.05) is 16.6 Å². The number of benzene rings is 1. The fourth-order valence-corrected chi connectivity index (χ4v) is 2.41. The Hall–Kier alpha value is -1.30. The summed E-state index contributed by atoms with van der Waals surface area (Å²) < 4.78 is 25.7. The maximum Gasteiger partial charge on any atom is 0.159 e. The van der Waals surface area contributed by atoms with E-state index in [2.05, 4.69) is 5.16 Å². The van der Waals surface area contributed by atoms with Crippen molar-refractivity contribution in [3.05, 3.63) is 29.8 Å². The molecule has 3 N–H and O–H groups in total. The van der Waals surface area contributed by atoms with E-state index in [0.29, 0.717) is 11.3 Å². The summed E-state index contributed by atoms with van der Waals surface area (Å²) in [5.41, 5.74) is 5.41. The van der Waals surface area contributed by atoms with Crippen LogP contribution >= 0.6 is 11.8 Å². The summed E-state index contributed by atoms with van der Waals surface area (Å²) in [6.45, 7) is 1.95. The average molecular weight is 260 g/mol. The molecule has 0 fully saturated rings. The Balaban J connectivity index is 2.70. The van der Waals surface area contributed by atoms with E-state index in [9.17, 15) is 8.78 Å². The number of thioether (sulfide) groups is 1. The molecule has 0 amide bonds. The molecule has 0 bridgehead atoms. The topological polar surface area (TPSA) is 58.6 Å². The lowest BCUT2D eigenvalue weighted by atomic mass is 10.2. The molecule has 0 aliphatic heterocycles. The lowest BCUT2D eigenvalue weighted by Gasteiger charge is -2.13. The third kappa shape index (κ3) is 4.22. The second-order valence-corrected chi connectivity index (χ2v) is 4.89. The number of hydrogen-bond acceptors (Lipinski definition) is 3. The van der Waals surface area contributed by atoms with Gasteiger partial charge in [0.1, 0.15) is 5.84 Å². The van der Waals surface area contributed by atoms with E-state index in [1.807, 2.05) is 6.92 Å². The Morgan fingerprint density at radius 2 is 2.18 bits per heavy atom. The molecule has 1 rings (SSSR count). The Bertz CT molecular complexity index is 412. The van der Waals surface area contributed by atoms with Crippen LogP contribution in [0.3, 0.4) is 0 Å². The van der Waals surface area contributed by atoms with Crippen molar-refractivity contribution in [1.29, 1.82) is 0 Å². The molecule has 0 saturated carbocycles. The van der Waals surface area contributed by atoms with E-state index in [0.717, 1.165) is 18.6 Å². The van der Waals surface area contributed by atoms with Crippen LogP contribution in [0, 0.1) is 11.6 Å². The SMILES string of the molecule is CCC(C/C(N)=N/O)Sc1ccc(F)c(F)c1. The molecular weight excluding hydrogens is 246 g/mol. The molecule has 0 heterocycles. The zero-order valence-corrected chi connectivity index (χ0v) is 10.2. The molecule has 0 aliphatic rings. The van der Waals surface area contributed by atoms with Crippen LogP contribution in [0.5, 0.6) is 0 Å². The Kier molecular flexibility index (Phi) is 5.21. The van der Waals surface area contributed by atoms with Gasteiger partial charge in [0.15, 0.2) is 11.6 Å². The molecule has 3 nitrogen and oxygen atoms in total. The third-order valence-electron chi connectivity index (χ3n) is 2.21. The molecule has 0 radical (unpaired) electrons. The van der Waals surface area contributed by atoms with Crippen LogP contribution in [-0.4, -0.2) is 16.3 Å². The predicted octanol–water partition coefficient (Wildman–Crippen LogP) is 2.97. The molecule has 1 atom stereocenters. The van der Waals surface area contributed by atoms with Gasteiger partial charge in [0.25, 0.3) is 0 Å². The van der Waals surface area contributed by atoms with Gasteiger partial charge >= 0.3 is 0 Å². The fraction of sp³-hybridized carbons (Fsp3) is 0.364. The lowest BCUT2D eigenvalue weighted by Crippen LogP contribution is -2.18. The molecule has 6 heteroatoms. The van der Waals surface area contributed by atoms with E-state index in [1.54, 1.807) is 0 Å². The standard InChI is InChI=1S/C11H14F2N2OS/c1-2-7(6-11(14)15-16)17-8-3-4-9(12)10(13)5-8/h3-5,7,16H,2,6H2,1H3,(H2,14,15). The van der Waals surface area contributed by atoms with Crippen molar-refractivity contribution in [1.82, 2.24) is 0 Å². The molecule has 0 saturated heterocycles. The van der Waals surface area contributed by atoms with Crippen molar-refractivity contribution in [3.8, 4) is 0 Å². The highest BCUT2D eigenvalue weighted by Crippen LogP contribution is 2.28. The minimum atomic E-state index is -0.867. The number of hydrogen-bond donors (Lipinski definition) is 2. The van der Waals surface area contributed by atoms with E-state index in [4.69, 9.17) is 10.9 Å². The highest BCUT2D eigenvalue weighted by atomic mass is 32.2. The summed E-state index contributed by atoms with van der Waals surface area (Å²) in [7, 11) is 0. The zero-order valence-electron chi connectivity index (χ0n) is 9.36. The molecule has 94 valence electrons. The highest BCUT2D eigenvalue weighted by molar-refractivity contribution is 8.00. The third-order valence-corrected chi connectivity index (χ3v) is 3.57. The summed E-state index contributed by atoms with van der Waals surface area (Å²) in [4.78, 5) is 0.626. The highest BCUT2D eigenvalue weighted by Gasteiger charge is 2.12. The van der Waals surface area contributed by atoms with Gasteiger partial charge in [-0.05, 0) is 24.6 Å². The molecule has 0 spiro atoms. The van der Waals surface area contributed by atoms with E-state index >= 15 is 0 Å². The van der Waals surface area contributed by atoms with E-state index in [-0.39, 0.29) is 11.1 Å². The maximum atomic E-state index is 13.0. The normalized spacial score (nSPS) is 13.7. The minimum absolute atomic E-state index is 0.0655. The Labute approximate surface area is 103 Å². The molecule has 17 heavy (non-hydrogen) atoms. The number of oxime groups is 1. The number of amidine groups is 1. The first kappa shape index (κ1) is 13.8. The maximum absolute atomic E-state index is 13.0. The van der Waals surface area contributed by atoms with E-state index < -0.39 is 11.6 Å². The largest absolute Gasteiger partial charge is 0.409 e. The van der Waals surface area contributed by atoms with Gasteiger partial charge in [-0.15, -0.1) is 11.8 Å². The molecule has 0 aliphatic carbocycles.